The fourth-order valence-electron chi connectivity index (χ4n) is 6.32. The molecule has 0 aliphatic rings. The average molecular weight is 574 g/mol. The molecule has 0 radical (unpaired) electrons. The molecular formula is C44H31N. The van der Waals surface area contributed by atoms with E-state index in [1.807, 2.05) is 0 Å². The lowest BCUT2D eigenvalue weighted by molar-refractivity contribution is 1.28. The van der Waals surface area contributed by atoms with Crippen LogP contribution in [0.25, 0.3) is 54.9 Å². The van der Waals surface area contributed by atoms with Gasteiger partial charge in [0.1, 0.15) is 0 Å². The maximum absolute atomic E-state index is 2.34. The molecule has 0 aromatic heterocycles. The molecule has 0 heterocycles. The van der Waals surface area contributed by atoms with Crippen LogP contribution in [0.3, 0.4) is 0 Å². The predicted molar refractivity (Wildman–Crippen MR) is 192 cm³/mol. The summed E-state index contributed by atoms with van der Waals surface area (Å²) in [6, 6.07) is 67.6. The molecule has 0 N–H and O–H groups in total. The van der Waals surface area contributed by atoms with Crippen LogP contribution in [0.2, 0.25) is 0 Å². The minimum Gasteiger partial charge on any atom is -0.311 e. The summed E-state index contributed by atoms with van der Waals surface area (Å²) in [6.07, 6.45) is 0. The highest BCUT2D eigenvalue weighted by atomic mass is 15.1. The fourth-order valence-corrected chi connectivity index (χ4v) is 6.32. The van der Waals surface area contributed by atoms with Crippen molar-refractivity contribution in [3.8, 4) is 33.4 Å². The van der Waals surface area contributed by atoms with Gasteiger partial charge in [0.25, 0.3) is 0 Å². The van der Waals surface area contributed by atoms with Crippen molar-refractivity contribution in [1.82, 2.24) is 0 Å². The van der Waals surface area contributed by atoms with E-state index in [0.29, 0.717) is 0 Å². The second kappa shape index (κ2) is 11.6. The largest absolute Gasteiger partial charge is 0.311 e. The first-order valence-electron chi connectivity index (χ1n) is 15.4. The number of hydrogen-bond donors (Lipinski definition) is 0. The van der Waals surface area contributed by atoms with Gasteiger partial charge >= 0.3 is 0 Å². The van der Waals surface area contributed by atoms with Crippen LogP contribution in [0.5, 0.6) is 0 Å². The number of anilines is 3. The van der Waals surface area contributed by atoms with Crippen molar-refractivity contribution in [3.05, 3.63) is 188 Å². The minimum atomic E-state index is 1.12. The van der Waals surface area contributed by atoms with Crippen LogP contribution < -0.4 is 4.90 Å². The zero-order valence-electron chi connectivity index (χ0n) is 24.8. The monoisotopic (exact) mass is 573 g/mol. The van der Waals surface area contributed by atoms with Crippen molar-refractivity contribution in [2.75, 3.05) is 4.90 Å². The molecule has 0 atom stereocenters. The lowest BCUT2D eigenvalue weighted by Gasteiger charge is -2.26. The minimum absolute atomic E-state index is 1.12. The van der Waals surface area contributed by atoms with Crippen molar-refractivity contribution in [2.24, 2.45) is 0 Å². The first-order chi connectivity index (χ1) is 22.3. The molecule has 0 spiro atoms. The lowest BCUT2D eigenvalue weighted by atomic mass is 9.95. The van der Waals surface area contributed by atoms with Crippen LogP contribution in [-0.4, -0.2) is 0 Å². The van der Waals surface area contributed by atoms with Gasteiger partial charge in [0.2, 0.25) is 0 Å². The standard InChI is InChI=1S/C44H31N/c1-3-10-32(11-4-1)34-18-24-40(25-19-34)45(41-26-20-35(21-27-41)33-12-5-2-6-13-33)42-28-22-36(23-29-42)43-17-9-16-39-30-37-14-7-8-15-38(37)31-44(39)43/h1-31H. The van der Waals surface area contributed by atoms with Gasteiger partial charge < -0.3 is 4.90 Å². The van der Waals surface area contributed by atoms with E-state index < -0.39 is 0 Å². The molecule has 0 aliphatic heterocycles. The molecule has 0 fully saturated rings. The first-order valence-corrected chi connectivity index (χ1v) is 15.4. The van der Waals surface area contributed by atoms with Gasteiger partial charge in [-0.1, -0.05) is 140 Å². The zero-order valence-corrected chi connectivity index (χ0v) is 24.8. The molecule has 1 heteroatoms. The van der Waals surface area contributed by atoms with Crippen LogP contribution in [0.15, 0.2) is 188 Å². The van der Waals surface area contributed by atoms with Crippen LogP contribution in [0.4, 0.5) is 17.1 Å². The second-order valence-electron chi connectivity index (χ2n) is 11.4. The average Bonchev–Trinajstić information content (AvgIpc) is 3.12. The Morgan fingerprint density at radius 3 is 1.18 bits per heavy atom. The number of fused-ring (bicyclic) bond motifs is 2. The van der Waals surface area contributed by atoms with E-state index in [0.717, 1.165) is 17.1 Å². The number of benzene rings is 8. The van der Waals surface area contributed by atoms with E-state index in [1.54, 1.807) is 0 Å². The van der Waals surface area contributed by atoms with Gasteiger partial charge in [-0.3, -0.25) is 0 Å². The summed E-state index contributed by atoms with van der Waals surface area (Å²) in [4.78, 5) is 2.34. The molecule has 0 aliphatic carbocycles. The highest BCUT2D eigenvalue weighted by Gasteiger charge is 2.14. The Balaban J connectivity index is 1.19. The second-order valence-corrected chi connectivity index (χ2v) is 11.4. The Morgan fingerprint density at radius 1 is 0.267 bits per heavy atom. The van der Waals surface area contributed by atoms with E-state index in [1.165, 1.54) is 54.9 Å². The van der Waals surface area contributed by atoms with E-state index in [9.17, 15) is 0 Å². The van der Waals surface area contributed by atoms with Crippen molar-refractivity contribution < 1.29 is 0 Å². The summed E-state index contributed by atoms with van der Waals surface area (Å²) >= 11 is 0. The third-order valence-electron chi connectivity index (χ3n) is 8.65. The molecule has 0 saturated carbocycles. The maximum Gasteiger partial charge on any atom is 0.0462 e. The Labute approximate surface area is 264 Å². The Hall–Kier alpha value is -5.92. The highest BCUT2D eigenvalue weighted by molar-refractivity contribution is 6.05. The molecule has 0 saturated heterocycles. The normalized spacial score (nSPS) is 11.1. The van der Waals surface area contributed by atoms with Gasteiger partial charge in [-0.05, 0) is 103 Å². The molecular weight excluding hydrogens is 542 g/mol. The van der Waals surface area contributed by atoms with Crippen LogP contribution >= 0.6 is 0 Å². The van der Waals surface area contributed by atoms with Crippen LogP contribution in [-0.2, 0) is 0 Å². The number of hydrogen-bond acceptors (Lipinski definition) is 1. The van der Waals surface area contributed by atoms with Gasteiger partial charge in [-0.2, -0.15) is 0 Å². The SMILES string of the molecule is c1ccc(-c2ccc(N(c3ccc(-c4ccccc4)cc3)c3ccc(-c4cccc5cc6ccccc6cc45)cc3)cc2)cc1. The molecule has 0 bridgehead atoms. The van der Waals surface area contributed by atoms with Crippen molar-refractivity contribution in [1.29, 1.82) is 0 Å². The Morgan fingerprint density at radius 2 is 0.667 bits per heavy atom. The number of nitrogens with zero attached hydrogens (tertiary/aromatic N) is 1. The van der Waals surface area contributed by atoms with Gasteiger partial charge in [0, 0.05) is 17.1 Å². The van der Waals surface area contributed by atoms with Gasteiger partial charge in [-0.15, -0.1) is 0 Å². The Bertz CT molecular complexity index is 2130. The van der Waals surface area contributed by atoms with E-state index in [-0.39, 0.29) is 0 Å². The van der Waals surface area contributed by atoms with Gasteiger partial charge in [0.15, 0.2) is 0 Å². The molecule has 8 rings (SSSR count). The van der Waals surface area contributed by atoms with E-state index in [4.69, 9.17) is 0 Å². The third kappa shape index (κ3) is 5.26. The topological polar surface area (TPSA) is 3.24 Å². The maximum atomic E-state index is 2.34. The molecule has 1 nitrogen and oxygen atoms in total. The first kappa shape index (κ1) is 26.7. The lowest BCUT2D eigenvalue weighted by Crippen LogP contribution is -2.09. The molecule has 45 heavy (non-hydrogen) atoms. The molecule has 212 valence electrons. The predicted octanol–water partition coefficient (Wildman–Crippen LogP) is 12.5. The van der Waals surface area contributed by atoms with Gasteiger partial charge in [0.05, 0.1) is 0 Å². The summed E-state index contributed by atoms with van der Waals surface area (Å²) < 4.78 is 0. The van der Waals surface area contributed by atoms with Crippen LogP contribution in [0, 0.1) is 0 Å². The van der Waals surface area contributed by atoms with Crippen molar-refractivity contribution in [3.63, 3.8) is 0 Å². The summed E-state index contributed by atoms with van der Waals surface area (Å²) in [7, 11) is 0. The summed E-state index contributed by atoms with van der Waals surface area (Å²) in [6.45, 7) is 0. The zero-order chi connectivity index (χ0) is 30.0. The highest BCUT2D eigenvalue weighted by Crippen LogP contribution is 2.39. The molecule has 8 aromatic rings. The van der Waals surface area contributed by atoms with E-state index >= 15 is 0 Å². The Kier molecular flexibility index (Phi) is 6.90. The van der Waals surface area contributed by atoms with Gasteiger partial charge in [-0.25, -0.2) is 0 Å². The number of rotatable bonds is 6. The molecule has 0 amide bonds. The molecule has 8 aromatic carbocycles. The summed E-state index contributed by atoms with van der Waals surface area (Å²) in [5, 5.41) is 5.06. The van der Waals surface area contributed by atoms with Crippen LogP contribution in [0.1, 0.15) is 0 Å². The quantitative estimate of drug-likeness (QED) is 0.179. The summed E-state index contributed by atoms with van der Waals surface area (Å²) in [5.74, 6) is 0. The van der Waals surface area contributed by atoms with Crippen molar-refractivity contribution >= 4 is 38.6 Å². The van der Waals surface area contributed by atoms with Crippen molar-refractivity contribution in [2.45, 2.75) is 0 Å². The summed E-state index contributed by atoms with van der Waals surface area (Å²) in [5.41, 5.74) is 10.6. The fraction of sp³-hybridized carbons (Fsp3) is 0. The molecule has 0 unspecified atom stereocenters. The third-order valence-corrected chi connectivity index (χ3v) is 8.65. The van der Waals surface area contributed by atoms with E-state index in [2.05, 4.69) is 193 Å². The smallest absolute Gasteiger partial charge is 0.0462 e.